The van der Waals surface area contributed by atoms with Gasteiger partial charge in [-0.25, -0.2) is 13.2 Å². The molecule has 0 atom stereocenters. The lowest BCUT2D eigenvalue weighted by molar-refractivity contribution is 0.0701. The smallest absolute Gasteiger partial charge is 0.346 e. The number of carboxylic acid groups (broad SMARTS) is 1. The molecule has 1 aromatic heterocycles. The van der Waals surface area contributed by atoms with E-state index in [4.69, 9.17) is 5.11 Å². The lowest BCUT2D eigenvalue weighted by Gasteiger charge is -2.28. The van der Waals surface area contributed by atoms with Gasteiger partial charge in [-0.3, -0.25) is 0 Å². The summed E-state index contributed by atoms with van der Waals surface area (Å²) in [5.74, 6) is -1.19. The summed E-state index contributed by atoms with van der Waals surface area (Å²) in [6.45, 7) is 2.01. The van der Waals surface area contributed by atoms with Gasteiger partial charge in [0.05, 0.1) is 18.8 Å². The van der Waals surface area contributed by atoms with Crippen LogP contribution in [0, 0.1) is 6.92 Å². The number of rotatable bonds is 7. The summed E-state index contributed by atoms with van der Waals surface area (Å²) in [6, 6.07) is 1.26. The van der Waals surface area contributed by atoms with Crippen LogP contribution in [0.1, 0.15) is 28.6 Å². The van der Waals surface area contributed by atoms with E-state index in [-0.39, 0.29) is 15.5 Å². The lowest BCUT2D eigenvalue weighted by atomic mass is 10.0. The molecule has 0 aromatic carbocycles. The first kappa shape index (κ1) is 17.1. The van der Waals surface area contributed by atoms with E-state index >= 15 is 0 Å². The van der Waals surface area contributed by atoms with Gasteiger partial charge in [0.25, 0.3) is 10.0 Å². The van der Waals surface area contributed by atoms with Gasteiger partial charge in [-0.1, -0.05) is 6.92 Å². The first-order valence-corrected chi connectivity index (χ1v) is 8.10. The molecular weight excluding hydrogens is 306 g/mol. The third kappa shape index (κ3) is 3.36. The number of aromatic carboxylic acids is 1. The fourth-order valence-corrected chi connectivity index (χ4v) is 4.38. The Kier molecular flexibility index (Phi) is 5.27. The first-order chi connectivity index (χ1) is 9.21. The highest BCUT2D eigenvalue weighted by Gasteiger charge is 2.34. The van der Waals surface area contributed by atoms with Gasteiger partial charge in [-0.05, 0) is 25.0 Å². The van der Waals surface area contributed by atoms with Gasteiger partial charge in [-0.2, -0.15) is 4.72 Å². The number of aryl methyl sites for hydroxylation is 1. The minimum Gasteiger partial charge on any atom is -0.477 e. The third-order valence-electron chi connectivity index (χ3n) is 2.99. The largest absolute Gasteiger partial charge is 0.477 e. The number of hydrogen-bond acceptors (Lipinski definition) is 6. The molecule has 4 N–H and O–H groups in total. The number of thiophene rings is 1. The molecule has 7 nitrogen and oxygen atoms in total. The second kappa shape index (κ2) is 6.19. The topological polar surface area (TPSA) is 124 Å². The molecule has 0 saturated heterocycles. The molecule has 0 amide bonds. The van der Waals surface area contributed by atoms with Crippen molar-refractivity contribution >= 4 is 27.3 Å². The van der Waals surface area contributed by atoms with Gasteiger partial charge in [0.2, 0.25) is 0 Å². The summed E-state index contributed by atoms with van der Waals surface area (Å²) in [7, 11) is -4.00. The maximum absolute atomic E-state index is 12.2. The lowest BCUT2D eigenvalue weighted by Crippen LogP contribution is -2.53. The van der Waals surface area contributed by atoms with E-state index < -0.39 is 34.7 Å². The Morgan fingerprint density at radius 1 is 1.40 bits per heavy atom. The quantitative estimate of drug-likeness (QED) is 0.567. The fraction of sp³-hybridized carbons (Fsp3) is 0.545. The number of aliphatic hydroxyl groups is 2. The number of aliphatic hydroxyl groups excluding tert-OH is 2. The summed E-state index contributed by atoms with van der Waals surface area (Å²) < 4.78 is 26.5. The molecule has 114 valence electrons. The number of nitrogens with one attached hydrogen (secondary N) is 1. The van der Waals surface area contributed by atoms with Gasteiger partial charge in [0.15, 0.2) is 0 Å². The average Bonchev–Trinajstić information content (AvgIpc) is 2.79. The minimum absolute atomic E-state index is 0.0551. The van der Waals surface area contributed by atoms with Gasteiger partial charge in [0, 0.05) is 0 Å². The monoisotopic (exact) mass is 323 g/mol. The molecule has 0 radical (unpaired) electrons. The van der Waals surface area contributed by atoms with E-state index in [9.17, 15) is 23.4 Å². The molecule has 0 aliphatic heterocycles. The van der Waals surface area contributed by atoms with Crippen LogP contribution in [0.25, 0.3) is 0 Å². The summed E-state index contributed by atoms with van der Waals surface area (Å²) in [6.07, 6.45) is 0.190. The van der Waals surface area contributed by atoms with Gasteiger partial charge >= 0.3 is 5.97 Å². The maximum Gasteiger partial charge on any atom is 0.346 e. The Morgan fingerprint density at radius 2 is 1.95 bits per heavy atom. The fourth-order valence-electron chi connectivity index (χ4n) is 1.54. The van der Waals surface area contributed by atoms with Crippen LogP contribution in [-0.2, 0) is 10.0 Å². The van der Waals surface area contributed by atoms with Crippen molar-refractivity contribution in [2.45, 2.75) is 30.0 Å². The van der Waals surface area contributed by atoms with Crippen molar-refractivity contribution in [2.75, 3.05) is 13.2 Å². The van der Waals surface area contributed by atoms with E-state index in [0.717, 1.165) is 0 Å². The molecule has 0 fully saturated rings. The molecule has 0 aliphatic carbocycles. The molecule has 20 heavy (non-hydrogen) atoms. The van der Waals surface area contributed by atoms with Crippen LogP contribution < -0.4 is 4.72 Å². The molecule has 0 spiro atoms. The third-order valence-corrected chi connectivity index (χ3v) is 6.26. The highest BCUT2D eigenvalue weighted by molar-refractivity contribution is 7.91. The molecule has 0 unspecified atom stereocenters. The van der Waals surface area contributed by atoms with Crippen molar-refractivity contribution in [3.05, 3.63) is 16.5 Å². The van der Waals surface area contributed by atoms with E-state index in [2.05, 4.69) is 4.72 Å². The molecule has 0 aliphatic rings. The van der Waals surface area contributed by atoms with Crippen molar-refractivity contribution < 1.29 is 28.5 Å². The molecule has 1 heterocycles. The van der Waals surface area contributed by atoms with E-state index in [1.54, 1.807) is 6.92 Å². The number of carbonyl (C=O) groups is 1. The second-order valence-corrected chi connectivity index (χ2v) is 7.40. The van der Waals surface area contributed by atoms with Crippen LogP contribution in [0.15, 0.2) is 10.3 Å². The van der Waals surface area contributed by atoms with Gasteiger partial charge < -0.3 is 15.3 Å². The molecule has 9 heteroatoms. The van der Waals surface area contributed by atoms with Crippen LogP contribution in [0.4, 0.5) is 0 Å². The Labute approximate surface area is 120 Å². The van der Waals surface area contributed by atoms with Gasteiger partial charge in [0.1, 0.15) is 9.09 Å². The van der Waals surface area contributed by atoms with E-state index in [0.29, 0.717) is 16.9 Å². The predicted octanol–water partition coefficient (Wildman–Crippen LogP) is 0.166. The Morgan fingerprint density at radius 3 is 2.30 bits per heavy atom. The zero-order chi connectivity index (χ0) is 15.6. The summed E-state index contributed by atoms with van der Waals surface area (Å²) in [5, 5.41) is 27.4. The molecule has 1 aromatic rings. The summed E-state index contributed by atoms with van der Waals surface area (Å²) >= 11 is 0.633. The standard InChI is InChI=1S/C11H17NO6S2/c1-3-11(5-13,6-14)12-20(17,18)8-4-7(2)9(19-8)10(15)16/h4,12-14H,3,5-6H2,1-2H3,(H,15,16). The molecular formula is C11H17NO6S2. The zero-order valence-electron chi connectivity index (χ0n) is 11.1. The van der Waals surface area contributed by atoms with Gasteiger partial charge in [-0.15, -0.1) is 11.3 Å². The summed E-state index contributed by atoms with van der Waals surface area (Å²) in [4.78, 5) is 10.9. The highest BCUT2D eigenvalue weighted by atomic mass is 32.2. The normalized spacial score (nSPS) is 12.6. The Balaban J connectivity index is 3.17. The van der Waals surface area contributed by atoms with Crippen LogP contribution in [-0.4, -0.2) is 48.5 Å². The number of sulfonamides is 1. The minimum atomic E-state index is -4.00. The molecule has 0 saturated carbocycles. The number of carboxylic acids is 1. The zero-order valence-corrected chi connectivity index (χ0v) is 12.7. The van der Waals surface area contributed by atoms with E-state index in [1.807, 2.05) is 0 Å². The maximum atomic E-state index is 12.2. The average molecular weight is 323 g/mol. The first-order valence-electron chi connectivity index (χ1n) is 5.81. The molecule has 0 bridgehead atoms. The molecule has 1 rings (SSSR count). The Bertz CT molecular complexity index is 580. The van der Waals surface area contributed by atoms with Crippen LogP contribution in [0.3, 0.4) is 0 Å². The van der Waals surface area contributed by atoms with Crippen molar-refractivity contribution in [1.82, 2.24) is 4.72 Å². The van der Waals surface area contributed by atoms with Crippen LogP contribution in [0.5, 0.6) is 0 Å². The number of hydrogen-bond donors (Lipinski definition) is 4. The second-order valence-electron chi connectivity index (χ2n) is 4.44. The van der Waals surface area contributed by atoms with E-state index in [1.165, 1.54) is 13.0 Å². The predicted molar refractivity (Wildman–Crippen MR) is 73.5 cm³/mol. The highest BCUT2D eigenvalue weighted by Crippen LogP contribution is 2.27. The van der Waals surface area contributed by atoms with Crippen molar-refractivity contribution in [3.8, 4) is 0 Å². The van der Waals surface area contributed by atoms with Crippen LogP contribution >= 0.6 is 11.3 Å². The van der Waals surface area contributed by atoms with Crippen molar-refractivity contribution in [3.63, 3.8) is 0 Å². The SMILES string of the molecule is CCC(CO)(CO)NS(=O)(=O)c1cc(C)c(C(=O)O)s1. The van der Waals surface area contributed by atoms with Crippen molar-refractivity contribution in [1.29, 1.82) is 0 Å². The Hall–Kier alpha value is -1.00. The summed E-state index contributed by atoms with van der Waals surface area (Å²) in [5.41, 5.74) is -1.02. The van der Waals surface area contributed by atoms with Crippen molar-refractivity contribution in [2.24, 2.45) is 0 Å². The van der Waals surface area contributed by atoms with Crippen LogP contribution in [0.2, 0.25) is 0 Å².